The van der Waals surface area contributed by atoms with Crippen LogP contribution in [0.2, 0.25) is 0 Å². The molecule has 0 aliphatic carbocycles. The average molecular weight is 487 g/mol. The lowest BCUT2D eigenvalue weighted by atomic mass is 10.1. The van der Waals surface area contributed by atoms with E-state index in [1.807, 2.05) is 17.0 Å². The zero-order valence-corrected chi connectivity index (χ0v) is 20.1. The van der Waals surface area contributed by atoms with Crippen molar-refractivity contribution in [1.29, 1.82) is 0 Å². The molecule has 0 radical (unpaired) electrons. The molecule has 0 atom stereocenters. The first-order valence-corrected chi connectivity index (χ1v) is 12.8. The van der Waals surface area contributed by atoms with Crippen molar-refractivity contribution >= 4 is 21.8 Å². The molecular formula is C24H30N4O5S. The third-order valence-electron chi connectivity index (χ3n) is 6.28. The summed E-state index contributed by atoms with van der Waals surface area (Å²) in [7, 11) is -2.11. The largest absolute Gasteiger partial charge is 0.497 e. The number of rotatable bonds is 7. The quantitative estimate of drug-likeness (QED) is 0.622. The number of piperazine rings is 2. The SMILES string of the molecule is COc1ccc(CCN2CCN(C(=O)c3ccc(S(=O)(=O)N4CCNC(=O)C4)cc3)CC2)cc1. The topological polar surface area (TPSA) is 99.3 Å². The number of nitrogens with one attached hydrogen (secondary N) is 1. The number of carbonyl (C=O) groups excluding carboxylic acids is 2. The molecule has 0 aromatic heterocycles. The summed E-state index contributed by atoms with van der Waals surface area (Å²) in [6.07, 6.45) is 0.937. The van der Waals surface area contributed by atoms with Gasteiger partial charge in [0.25, 0.3) is 5.91 Å². The van der Waals surface area contributed by atoms with Gasteiger partial charge in [-0.25, -0.2) is 8.42 Å². The number of hydrogen-bond acceptors (Lipinski definition) is 6. The van der Waals surface area contributed by atoms with Crippen molar-refractivity contribution < 1.29 is 22.7 Å². The molecule has 0 unspecified atom stereocenters. The molecular weight excluding hydrogens is 456 g/mol. The predicted octanol–water partition coefficient (Wildman–Crippen LogP) is 0.816. The van der Waals surface area contributed by atoms with E-state index >= 15 is 0 Å². The summed E-state index contributed by atoms with van der Waals surface area (Å²) in [4.78, 5) is 28.7. The highest BCUT2D eigenvalue weighted by Gasteiger charge is 2.29. The molecule has 2 amide bonds. The van der Waals surface area contributed by atoms with Crippen LogP contribution in [0, 0.1) is 0 Å². The molecule has 4 rings (SSSR count). The number of amides is 2. The van der Waals surface area contributed by atoms with Crippen molar-refractivity contribution in [3.63, 3.8) is 0 Å². The highest BCUT2D eigenvalue weighted by atomic mass is 32.2. The first-order chi connectivity index (χ1) is 16.4. The van der Waals surface area contributed by atoms with Gasteiger partial charge in [0, 0.05) is 51.4 Å². The Morgan fingerprint density at radius 3 is 2.26 bits per heavy atom. The average Bonchev–Trinajstić information content (AvgIpc) is 2.88. The monoisotopic (exact) mass is 486 g/mol. The normalized spacial score (nSPS) is 17.9. The second-order valence-electron chi connectivity index (χ2n) is 8.44. The lowest BCUT2D eigenvalue weighted by Gasteiger charge is -2.34. The van der Waals surface area contributed by atoms with Crippen LogP contribution in [-0.4, -0.2) is 93.8 Å². The summed E-state index contributed by atoms with van der Waals surface area (Å²) in [5.41, 5.74) is 1.71. The van der Waals surface area contributed by atoms with Crippen LogP contribution >= 0.6 is 0 Å². The molecule has 10 heteroatoms. The first kappa shape index (κ1) is 24.2. The molecule has 182 valence electrons. The Morgan fingerprint density at radius 2 is 1.65 bits per heavy atom. The number of sulfonamides is 1. The third-order valence-corrected chi connectivity index (χ3v) is 8.14. The van der Waals surface area contributed by atoms with Gasteiger partial charge < -0.3 is 15.0 Å². The van der Waals surface area contributed by atoms with E-state index in [9.17, 15) is 18.0 Å². The van der Waals surface area contributed by atoms with Gasteiger partial charge >= 0.3 is 0 Å². The van der Waals surface area contributed by atoms with E-state index in [1.165, 1.54) is 17.7 Å². The Labute approximate surface area is 200 Å². The van der Waals surface area contributed by atoms with Gasteiger partial charge in [-0.1, -0.05) is 12.1 Å². The Hall–Kier alpha value is -2.95. The number of nitrogens with zero attached hydrogens (tertiary/aromatic N) is 3. The van der Waals surface area contributed by atoms with E-state index in [2.05, 4.69) is 22.3 Å². The molecule has 1 N–H and O–H groups in total. The second-order valence-corrected chi connectivity index (χ2v) is 10.4. The van der Waals surface area contributed by atoms with Gasteiger partial charge in [-0.05, 0) is 48.4 Å². The summed E-state index contributed by atoms with van der Waals surface area (Å²) in [5.74, 6) is 0.432. The van der Waals surface area contributed by atoms with E-state index in [0.717, 1.165) is 36.1 Å². The van der Waals surface area contributed by atoms with Gasteiger partial charge in [0.1, 0.15) is 5.75 Å². The molecule has 2 aromatic carbocycles. The summed E-state index contributed by atoms with van der Waals surface area (Å²) in [6, 6.07) is 14.1. The number of hydrogen-bond donors (Lipinski definition) is 1. The maximum absolute atomic E-state index is 12.9. The molecule has 2 aliphatic heterocycles. The highest BCUT2D eigenvalue weighted by molar-refractivity contribution is 7.89. The number of benzene rings is 2. The van der Waals surface area contributed by atoms with Crippen LogP contribution in [0.4, 0.5) is 0 Å². The molecule has 2 aliphatic rings. The predicted molar refractivity (Wildman–Crippen MR) is 127 cm³/mol. The molecule has 2 aromatic rings. The molecule has 9 nitrogen and oxygen atoms in total. The lowest BCUT2D eigenvalue weighted by Crippen LogP contribution is -2.49. The minimum atomic E-state index is -3.77. The lowest BCUT2D eigenvalue weighted by molar-refractivity contribution is -0.122. The summed E-state index contributed by atoms with van der Waals surface area (Å²) < 4.78 is 31.9. The van der Waals surface area contributed by atoms with Gasteiger partial charge in [0.2, 0.25) is 15.9 Å². The smallest absolute Gasteiger partial charge is 0.253 e. The molecule has 34 heavy (non-hydrogen) atoms. The fraction of sp³-hybridized carbons (Fsp3) is 0.417. The van der Waals surface area contributed by atoms with Gasteiger partial charge in [0.15, 0.2) is 0 Å². The van der Waals surface area contributed by atoms with Crippen LogP contribution in [-0.2, 0) is 21.2 Å². The Kier molecular flexibility index (Phi) is 7.50. The van der Waals surface area contributed by atoms with Crippen molar-refractivity contribution in [3.05, 3.63) is 59.7 Å². The zero-order valence-electron chi connectivity index (χ0n) is 19.3. The molecule has 2 saturated heterocycles. The standard InChI is InChI=1S/C24H30N4O5S/c1-33-21-6-2-19(3-7-21)10-12-26-14-16-27(17-15-26)24(30)20-4-8-22(9-5-20)34(31,32)28-13-11-25-23(29)18-28/h2-9H,10-18H2,1H3,(H,25,29). The van der Waals surface area contributed by atoms with Crippen LogP contribution in [0.15, 0.2) is 53.4 Å². The Balaban J connectivity index is 1.29. The summed E-state index contributed by atoms with van der Waals surface area (Å²) in [5, 5.41) is 2.62. The van der Waals surface area contributed by atoms with E-state index in [4.69, 9.17) is 4.74 Å². The fourth-order valence-corrected chi connectivity index (χ4v) is 5.57. The maximum Gasteiger partial charge on any atom is 0.253 e. The molecule has 0 spiro atoms. The number of methoxy groups -OCH3 is 1. The summed E-state index contributed by atoms with van der Waals surface area (Å²) >= 11 is 0. The van der Waals surface area contributed by atoms with E-state index < -0.39 is 10.0 Å². The zero-order chi connectivity index (χ0) is 24.1. The van der Waals surface area contributed by atoms with E-state index in [1.54, 1.807) is 19.2 Å². The fourth-order valence-electron chi connectivity index (χ4n) is 4.18. The minimum absolute atomic E-state index is 0.0853. The minimum Gasteiger partial charge on any atom is -0.497 e. The first-order valence-electron chi connectivity index (χ1n) is 11.4. The molecule has 0 saturated carbocycles. The van der Waals surface area contributed by atoms with Crippen LogP contribution < -0.4 is 10.1 Å². The highest BCUT2D eigenvalue weighted by Crippen LogP contribution is 2.19. The maximum atomic E-state index is 12.9. The van der Waals surface area contributed by atoms with Gasteiger partial charge in [0.05, 0.1) is 18.6 Å². The summed E-state index contributed by atoms with van der Waals surface area (Å²) in [6.45, 7) is 4.12. The van der Waals surface area contributed by atoms with Crippen LogP contribution in [0.25, 0.3) is 0 Å². The van der Waals surface area contributed by atoms with E-state index in [-0.39, 0.29) is 29.8 Å². The molecule has 2 heterocycles. The Bertz CT molecular complexity index is 1110. The van der Waals surface area contributed by atoms with Gasteiger partial charge in [-0.3, -0.25) is 14.5 Å². The van der Waals surface area contributed by atoms with Crippen molar-refractivity contribution in [2.45, 2.75) is 11.3 Å². The Morgan fingerprint density at radius 1 is 0.971 bits per heavy atom. The molecule has 0 bridgehead atoms. The van der Waals surface area contributed by atoms with Crippen LogP contribution in [0.5, 0.6) is 5.75 Å². The van der Waals surface area contributed by atoms with Crippen molar-refractivity contribution in [1.82, 2.24) is 19.4 Å². The van der Waals surface area contributed by atoms with E-state index in [0.29, 0.717) is 25.2 Å². The van der Waals surface area contributed by atoms with Crippen molar-refractivity contribution in [3.8, 4) is 5.75 Å². The van der Waals surface area contributed by atoms with Crippen LogP contribution in [0.1, 0.15) is 15.9 Å². The van der Waals surface area contributed by atoms with Crippen molar-refractivity contribution in [2.75, 3.05) is 59.5 Å². The number of ether oxygens (including phenoxy) is 1. The van der Waals surface area contributed by atoms with Gasteiger partial charge in [-0.2, -0.15) is 4.31 Å². The van der Waals surface area contributed by atoms with Gasteiger partial charge in [-0.15, -0.1) is 0 Å². The second kappa shape index (κ2) is 10.5. The third kappa shape index (κ3) is 5.57. The number of carbonyl (C=O) groups is 2. The van der Waals surface area contributed by atoms with Crippen molar-refractivity contribution in [2.24, 2.45) is 0 Å². The van der Waals surface area contributed by atoms with Crippen LogP contribution in [0.3, 0.4) is 0 Å². The molecule has 2 fully saturated rings.